The molecule has 4 heteroatoms. The first-order valence-corrected chi connectivity index (χ1v) is 5.33. The van der Waals surface area contributed by atoms with Crippen molar-refractivity contribution in [3.63, 3.8) is 0 Å². The van der Waals surface area contributed by atoms with Crippen molar-refractivity contribution in [2.24, 2.45) is 0 Å². The fourth-order valence-electron chi connectivity index (χ4n) is 2.04. The molecule has 1 aromatic rings. The van der Waals surface area contributed by atoms with E-state index in [1.807, 2.05) is 0 Å². The number of anilines is 1. The highest BCUT2D eigenvalue weighted by atomic mass is 19.1. The highest BCUT2D eigenvalue weighted by Crippen LogP contribution is 2.33. The Bertz CT molecular complexity index is 522. The molecule has 3 nitrogen and oxygen atoms in total. The first-order chi connectivity index (χ1) is 8.06. The maximum atomic E-state index is 13.2. The van der Waals surface area contributed by atoms with Crippen LogP contribution in [0, 0.1) is 12.7 Å². The molecular weight excluding hydrogens is 221 g/mol. The zero-order chi connectivity index (χ0) is 12.6. The Morgan fingerprint density at radius 2 is 2.12 bits per heavy atom. The zero-order valence-corrected chi connectivity index (χ0v) is 9.50. The van der Waals surface area contributed by atoms with Crippen LogP contribution in [0.5, 0.6) is 0 Å². The summed E-state index contributed by atoms with van der Waals surface area (Å²) in [5, 5.41) is 0. The van der Waals surface area contributed by atoms with E-state index >= 15 is 0 Å². The fraction of sp³-hybridized carbons (Fsp3) is 0.231. The van der Waals surface area contributed by atoms with E-state index in [-0.39, 0.29) is 5.56 Å². The molecule has 0 N–H and O–H groups in total. The third kappa shape index (κ3) is 1.75. The molecule has 0 aromatic heterocycles. The van der Waals surface area contributed by atoms with Gasteiger partial charge in [-0.25, -0.2) is 4.39 Å². The fourth-order valence-corrected chi connectivity index (χ4v) is 2.04. The molecule has 2 rings (SSSR count). The summed E-state index contributed by atoms with van der Waals surface area (Å²) in [5.41, 5.74) is 1.29. The van der Waals surface area contributed by atoms with Gasteiger partial charge >= 0.3 is 0 Å². The van der Waals surface area contributed by atoms with Crippen LogP contribution in [0.4, 0.5) is 10.1 Å². The molecular formula is C13H12FNO2. The minimum atomic E-state index is -0.633. The summed E-state index contributed by atoms with van der Waals surface area (Å²) in [6, 6.07) is 2.45. The molecule has 0 aliphatic carbocycles. The van der Waals surface area contributed by atoms with Crippen molar-refractivity contribution in [2.75, 3.05) is 11.4 Å². The normalized spacial score (nSPS) is 14.1. The minimum absolute atomic E-state index is 0.163. The number of aryl methyl sites for hydroxylation is 1. The quantitative estimate of drug-likeness (QED) is 0.593. The largest absolute Gasteiger partial charge is 0.304 e. The Morgan fingerprint density at radius 1 is 1.41 bits per heavy atom. The molecule has 0 radical (unpaired) electrons. The number of rotatable bonds is 3. The van der Waals surface area contributed by atoms with E-state index in [4.69, 9.17) is 0 Å². The number of carbonyl (C=O) groups excluding carboxylic acids is 2. The van der Waals surface area contributed by atoms with E-state index in [2.05, 4.69) is 6.58 Å². The van der Waals surface area contributed by atoms with Gasteiger partial charge in [-0.15, -0.1) is 6.58 Å². The second-order valence-electron chi connectivity index (χ2n) is 3.98. The second-order valence-corrected chi connectivity index (χ2v) is 3.98. The van der Waals surface area contributed by atoms with Gasteiger partial charge in [0.25, 0.3) is 11.7 Å². The highest BCUT2D eigenvalue weighted by molar-refractivity contribution is 6.52. The smallest absolute Gasteiger partial charge is 0.299 e. The topological polar surface area (TPSA) is 37.4 Å². The molecule has 17 heavy (non-hydrogen) atoms. The van der Waals surface area contributed by atoms with Crippen molar-refractivity contribution in [1.29, 1.82) is 0 Å². The number of nitrogens with zero attached hydrogens (tertiary/aromatic N) is 1. The summed E-state index contributed by atoms with van der Waals surface area (Å²) in [5.74, 6) is -1.71. The molecule has 0 saturated heterocycles. The van der Waals surface area contributed by atoms with Gasteiger partial charge < -0.3 is 4.90 Å². The number of amides is 1. The molecule has 0 bridgehead atoms. The molecule has 0 fully saturated rings. The monoisotopic (exact) mass is 233 g/mol. The van der Waals surface area contributed by atoms with Gasteiger partial charge in [0.15, 0.2) is 0 Å². The van der Waals surface area contributed by atoms with Crippen molar-refractivity contribution < 1.29 is 14.0 Å². The lowest BCUT2D eigenvalue weighted by molar-refractivity contribution is -0.114. The molecule has 1 aliphatic rings. The van der Waals surface area contributed by atoms with Crippen LogP contribution in [0.25, 0.3) is 0 Å². The molecule has 1 amide bonds. The van der Waals surface area contributed by atoms with Crippen LogP contribution >= 0.6 is 0 Å². The number of hydrogen-bond donors (Lipinski definition) is 0. The lowest BCUT2D eigenvalue weighted by Crippen LogP contribution is -2.30. The van der Waals surface area contributed by atoms with Gasteiger partial charge in [0.05, 0.1) is 11.3 Å². The van der Waals surface area contributed by atoms with Gasteiger partial charge in [0.1, 0.15) is 5.82 Å². The van der Waals surface area contributed by atoms with Crippen molar-refractivity contribution in [1.82, 2.24) is 0 Å². The number of fused-ring (bicyclic) bond motifs is 1. The van der Waals surface area contributed by atoms with Crippen LogP contribution in [-0.2, 0) is 4.79 Å². The third-order valence-corrected chi connectivity index (χ3v) is 2.78. The van der Waals surface area contributed by atoms with E-state index in [1.54, 1.807) is 13.0 Å². The minimum Gasteiger partial charge on any atom is -0.304 e. The van der Waals surface area contributed by atoms with Crippen LogP contribution in [0.3, 0.4) is 0 Å². The maximum Gasteiger partial charge on any atom is 0.299 e. The van der Waals surface area contributed by atoms with Crippen LogP contribution < -0.4 is 4.90 Å². The van der Waals surface area contributed by atoms with E-state index in [0.29, 0.717) is 24.2 Å². The van der Waals surface area contributed by atoms with Gasteiger partial charge in [-0.05, 0) is 31.0 Å². The number of ketones is 1. The van der Waals surface area contributed by atoms with Gasteiger partial charge in [-0.1, -0.05) is 6.08 Å². The van der Waals surface area contributed by atoms with Gasteiger partial charge in [0, 0.05) is 6.54 Å². The summed E-state index contributed by atoms with van der Waals surface area (Å²) in [7, 11) is 0. The summed E-state index contributed by atoms with van der Waals surface area (Å²) >= 11 is 0. The Kier molecular flexibility index (Phi) is 2.79. The SMILES string of the molecule is C=CCCN1C(=O)C(=O)c2cc(F)cc(C)c21. The molecule has 1 aromatic carbocycles. The van der Waals surface area contributed by atoms with Crippen LogP contribution in [0.2, 0.25) is 0 Å². The molecule has 1 heterocycles. The van der Waals surface area contributed by atoms with Crippen LogP contribution in [0.1, 0.15) is 22.3 Å². The van der Waals surface area contributed by atoms with E-state index in [9.17, 15) is 14.0 Å². The standard InChI is InChI=1S/C13H12FNO2/c1-3-4-5-15-11-8(2)6-9(14)7-10(11)12(16)13(15)17/h3,6-7H,1,4-5H2,2H3. The molecule has 0 spiro atoms. The van der Waals surface area contributed by atoms with Crippen LogP contribution in [-0.4, -0.2) is 18.2 Å². The summed E-state index contributed by atoms with van der Waals surface area (Å²) in [6.07, 6.45) is 2.27. The second kappa shape index (κ2) is 4.13. The molecule has 0 atom stereocenters. The van der Waals surface area contributed by atoms with E-state index in [1.165, 1.54) is 11.0 Å². The highest BCUT2D eigenvalue weighted by Gasteiger charge is 2.36. The predicted molar refractivity (Wildman–Crippen MR) is 62.6 cm³/mol. The maximum absolute atomic E-state index is 13.2. The Hall–Kier alpha value is -1.97. The molecule has 0 saturated carbocycles. The number of benzene rings is 1. The average molecular weight is 233 g/mol. The van der Waals surface area contributed by atoms with Gasteiger partial charge in [0.2, 0.25) is 0 Å². The summed E-state index contributed by atoms with van der Waals surface area (Å²) in [6.45, 7) is 5.66. The third-order valence-electron chi connectivity index (χ3n) is 2.78. The van der Waals surface area contributed by atoms with Gasteiger partial charge in [-0.3, -0.25) is 9.59 Å². The van der Waals surface area contributed by atoms with Crippen molar-refractivity contribution >= 4 is 17.4 Å². The predicted octanol–water partition coefficient (Wildman–Crippen LogP) is 2.24. The number of halogens is 1. The van der Waals surface area contributed by atoms with Crippen molar-refractivity contribution in [2.45, 2.75) is 13.3 Å². The summed E-state index contributed by atoms with van der Waals surface area (Å²) in [4.78, 5) is 24.8. The van der Waals surface area contributed by atoms with E-state index in [0.717, 1.165) is 6.07 Å². The van der Waals surface area contributed by atoms with E-state index < -0.39 is 17.5 Å². The Morgan fingerprint density at radius 3 is 2.76 bits per heavy atom. The first-order valence-electron chi connectivity index (χ1n) is 5.33. The number of carbonyl (C=O) groups is 2. The number of hydrogen-bond acceptors (Lipinski definition) is 2. The van der Waals surface area contributed by atoms with Gasteiger partial charge in [-0.2, -0.15) is 0 Å². The zero-order valence-electron chi connectivity index (χ0n) is 9.50. The molecule has 1 aliphatic heterocycles. The Labute approximate surface area is 98.5 Å². The lowest BCUT2D eigenvalue weighted by atomic mass is 10.1. The number of Topliss-reactive ketones (excluding diaryl/α,β-unsaturated/α-hetero) is 1. The van der Waals surface area contributed by atoms with Crippen molar-refractivity contribution in [3.8, 4) is 0 Å². The molecule has 0 unspecified atom stereocenters. The Balaban J connectivity index is 2.52. The average Bonchev–Trinajstić information content (AvgIpc) is 2.51. The van der Waals surface area contributed by atoms with Crippen LogP contribution in [0.15, 0.2) is 24.8 Å². The first kappa shape index (κ1) is 11.5. The summed E-state index contributed by atoms with van der Waals surface area (Å²) < 4.78 is 13.2. The van der Waals surface area contributed by atoms with Crippen molar-refractivity contribution in [3.05, 3.63) is 41.7 Å². The lowest BCUT2D eigenvalue weighted by Gasteiger charge is -2.17. The molecule has 88 valence electrons.